The molecule has 0 aromatic heterocycles. The van der Waals surface area contributed by atoms with Gasteiger partial charge in [0, 0.05) is 25.3 Å². The van der Waals surface area contributed by atoms with Crippen LogP contribution >= 0.6 is 0 Å². The number of allylic oxidation sites excluding steroid dienone is 2. The van der Waals surface area contributed by atoms with Gasteiger partial charge in [-0.1, -0.05) is 25.5 Å². The van der Waals surface area contributed by atoms with Crippen LogP contribution in [0.15, 0.2) is 11.6 Å². The molecule has 8 nitrogen and oxygen atoms in total. The van der Waals surface area contributed by atoms with E-state index < -0.39 is 36.5 Å². The monoisotopic (exact) mass is 516 g/mol. The van der Waals surface area contributed by atoms with Crippen LogP contribution in [-0.2, 0) is 23.8 Å². The van der Waals surface area contributed by atoms with Crippen molar-refractivity contribution >= 4 is 11.9 Å². The van der Waals surface area contributed by atoms with Crippen molar-refractivity contribution in [1.29, 1.82) is 0 Å². The van der Waals surface area contributed by atoms with Gasteiger partial charge in [-0.15, -0.1) is 0 Å². The van der Waals surface area contributed by atoms with Crippen molar-refractivity contribution in [2.24, 2.45) is 5.92 Å². The van der Waals surface area contributed by atoms with Crippen LogP contribution in [-0.4, -0.2) is 53.4 Å². The molecule has 1 fully saturated rings. The summed E-state index contributed by atoms with van der Waals surface area (Å²) in [5, 5.41) is 22.6. The number of rotatable bonds is 5. The molecule has 0 unspecified atom stereocenters. The van der Waals surface area contributed by atoms with Crippen molar-refractivity contribution in [1.82, 2.24) is 0 Å². The fourth-order valence-electron chi connectivity index (χ4n) is 6.57. The Bertz CT molecular complexity index is 1090. The molecule has 1 aromatic rings. The minimum atomic E-state index is -1.44. The Morgan fingerprint density at radius 1 is 1.00 bits per heavy atom. The highest BCUT2D eigenvalue weighted by Gasteiger charge is 2.47. The van der Waals surface area contributed by atoms with Crippen LogP contribution in [0, 0.1) is 12.8 Å². The molecule has 2 N–H and O–H groups in total. The fourth-order valence-corrected chi connectivity index (χ4v) is 6.57. The van der Waals surface area contributed by atoms with Crippen molar-refractivity contribution < 1.29 is 38.7 Å². The van der Waals surface area contributed by atoms with Crippen LogP contribution in [0.4, 0.5) is 0 Å². The molecule has 37 heavy (non-hydrogen) atoms. The van der Waals surface area contributed by atoms with E-state index in [1.54, 1.807) is 0 Å². The van der Waals surface area contributed by atoms with Crippen LogP contribution < -0.4 is 4.74 Å². The Hall–Kier alpha value is -2.58. The first-order valence-electron chi connectivity index (χ1n) is 13.3. The molecule has 0 saturated carbocycles. The number of esters is 2. The smallest absolute Gasteiger partial charge is 0.303 e. The SMILES string of the molecule is CC(=O)O[C@H]1[C@H](O)[C@@H](Oc2c(C)c3c4c(c2O)[C@@H](C)CC[C@@H]4[C@@H](C)C[C@H]3C=C(C)C)OC[C@H]1OC(C)=O. The number of hydrogen-bond donors (Lipinski definition) is 2. The second-order valence-corrected chi connectivity index (χ2v) is 11.2. The summed E-state index contributed by atoms with van der Waals surface area (Å²) in [5.41, 5.74) is 5.42. The van der Waals surface area contributed by atoms with Crippen molar-refractivity contribution in [3.8, 4) is 11.5 Å². The number of aliphatic hydroxyl groups is 1. The maximum absolute atomic E-state index is 11.7. The lowest BCUT2D eigenvalue weighted by Crippen LogP contribution is -2.57. The zero-order valence-corrected chi connectivity index (χ0v) is 22.9. The molecule has 0 bridgehead atoms. The lowest BCUT2D eigenvalue weighted by molar-refractivity contribution is -0.254. The number of aliphatic hydroxyl groups excluding tert-OH is 1. The summed E-state index contributed by atoms with van der Waals surface area (Å²) in [6.45, 7) is 12.9. The third-order valence-corrected chi connectivity index (χ3v) is 8.05. The van der Waals surface area contributed by atoms with Gasteiger partial charge in [0.05, 0.1) is 6.61 Å². The second kappa shape index (κ2) is 10.7. The van der Waals surface area contributed by atoms with Crippen molar-refractivity contribution in [3.63, 3.8) is 0 Å². The second-order valence-electron chi connectivity index (χ2n) is 11.2. The molecule has 3 aliphatic rings. The number of phenols is 1. The summed E-state index contributed by atoms with van der Waals surface area (Å²) in [7, 11) is 0. The topological polar surface area (TPSA) is 112 Å². The van der Waals surface area contributed by atoms with Gasteiger partial charge < -0.3 is 29.2 Å². The van der Waals surface area contributed by atoms with Crippen LogP contribution in [0.1, 0.15) is 101 Å². The molecule has 0 spiro atoms. The maximum atomic E-state index is 11.7. The Morgan fingerprint density at radius 3 is 2.30 bits per heavy atom. The highest BCUT2D eigenvalue weighted by Crippen LogP contribution is 2.58. The summed E-state index contributed by atoms with van der Waals surface area (Å²) in [6.07, 6.45) is 0.573. The third kappa shape index (κ3) is 5.23. The molecule has 1 heterocycles. The molecule has 204 valence electrons. The van der Waals surface area contributed by atoms with Gasteiger partial charge in [0.2, 0.25) is 6.29 Å². The van der Waals surface area contributed by atoms with Crippen LogP contribution in [0.3, 0.4) is 0 Å². The Labute approximate surface area is 218 Å². The molecule has 1 aromatic carbocycles. The predicted molar refractivity (Wildman–Crippen MR) is 137 cm³/mol. The van der Waals surface area contributed by atoms with Gasteiger partial charge in [-0.25, -0.2) is 0 Å². The van der Waals surface area contributed by atoms with Gasteiger partial charge in [-0.05, 0) is 74.5 Å². The molecule has 8 heteroatoms. The van der Waals surface area contributed by atoms with E-state index in [2.05, 4.69) is 33.8 Å². The number of carbonyl (C=O) groups excluding carboxylic acids is 2. The van der Waals surface area contributed by atoms with E-state index in [1.807, 2.05) is 6.92 Å². The van der Waals surface area contributed by atoms with Gasteiger partial charge >= 0.3 is 11.9 Å². The van der Waals surface area contributed by atoms with Crippen molar-refractivity contribution in [3.05, 3.63) is 33.9 Å². The average molecular weight is 517 g/mol. The first-order valence-corrected chi connectivity index (χ1v) is 13.3. The van der Waals surface area contributed by atoms with Crippen molar-refractivity contribution in [2.75, 3.05) is 6.61 Å². The number of benzene rings is 1. The lowest BCUT2D eigenvalue weighted by Gasteiger charge is -2.44. The first-order chi connectivity index (χ1) is 17.4. The molecule has 4 rings (SSSR count). The standard InChI is InChI=1S/C29H40O8/c1-13(2)10-19-11-15(4)20-9-8-14(3)22-24(20)23(19)16(5)27(25(22)32)37-29-26(33)28(36-18(7)31)21(12-34-29)35-17(6)30/h10,14-15,19-21,26,28-29,32-33H,8-9,11-12H2,1-7H3/t14-,15-,19+,20+,21+,26-,28+,29+/m0/s1. The fraction of sp³-hybridized carbons (Fsp3) is 0.655. The summed E-state index contributed by atoms with van der Waals surface area (Å²) in [5.74, 6) is 0.384. The molecule has 8 atom stereocenters. The number of phenolic OH excluding ortho intramolecular Hbond substituents is 1. The normalized spacial score (nSPS) is 32.6. The van der Waals surface area contributed by atoms with Gasteiger partial charge in [0.1, 0.15) is 0 Å². The van der Waals surface area contributed by atoms with E-state index in [-0.39, 0.29) is 29.9 Å². The minimum absolute atomic E-state index is 0.0837. The van der Waals surface area contributed by atoms with E-state index in [0.29, 0.717) is 11.8 Å². The number of aromatic hydroxyl groups is 1. The minimum Gasteiger partial charge on any atom is -0.504 e. The van der Waals surface area contributed by atoms with E-state index in [1.165, 1.54) is 30.5 Å². The molecule has 0 amide bonds. The Kier molecular flexibility index (Phi) is 7.91. The first kappa shape index (κ1) is 27.5. The Morgan fingerprint density at radius 2 is 1.68 bits per heavy atom. The highest BCUT2D eigenvalue weighted by atomic mass is 16.7. The van der Waals surface area contributed by atoms with Crippen LogP contribution in [0.25, 0.3) is 0 Å². The summed E-state index contributed by atoms with van der Waals surface area (Å²) < 4.78 is 22.5. The van der Waals surface area contributed by atoms with E-state index in [9.17, 15) is 19.8 Å². The van der Waals surface area contributed by atoms with Crippen LogP contribution in [0.5, 0.6) is 11.5 Å². The van der Waals surface area contributed by atoms with E-state index in [4.69, 9.17) is 18.9 Å². The van der Waals surface area contributed by atoms with Crippen molar-refractivity contribution in [2.45, 2.75) is 110 Å². The molecule has 2 aliphatic carbocycles. The van der Waals surface area contributed by atoms with Gasteiger partial charge in [0.15, 0.2) is 29.8 Å². The molecule has 0 radical (unpaired) electrons. The Balaban J connectivity index is 1.77. The largest absolute Gasteiger partial charge is 0.504 e. The maximum Gasteiger partial charge on any atom is 0.303 e. The van der Waals surface area contributed by atoms with Gasteiger partial charge in [-0.3, -0.25) is 9.59 Å². The predicted octanol–water partition coefficient (Wildman–Crippen LogP) is 4.73. The van der Waals surface area contributed by atoms with Gasteiger partial charge in [0.25, 0.3) is 0 Å². The third-order valence-electron chi connectivity index (χ3n) is 8.05. The number of carbonyl (C=O) groups is 2. The van der Waals surface area contributed by atoms with E-state index >= 15 is 0 Å². The highest BCUT2D eigenvalue weighted by molar-refractivity contribution is 5.67. The quantitative estimate of drug-likeness (QED) is 0.427. The van der Waals surface area contributed by atoms with E-state index in [0.717, 1.165) is 30.4 Å². The summed E-state index contributed by atoms with van der Waals surface area (Å²) in [6, 6.07) is 0. The zero-order chi connectivity index (χ0) is 27.2. The summed E-state index contributed by atoms with van der Waals surface area (Å²) >= 11 is 0. The molecule has 1 saturated heterocycles. The zero-order valence-electron chi connectivity index (χ0n) is 22.9. The lowest BCUT2D eigenvalue weighted by atomic mass is 9.62. The molecule has 1 aliphatic heterocycles. The number of ether oxygens (including phenoxy) is 4. The average Bonchev–Trinajstić information content (AvgIpc) is 2.78. The number of hydrogen-bond acceptors (Lipinski definition) is 8. The van der Waals surface area contributed by atoms with Crippen LogP contribution in [0.2, 0.25) is 0 Å². The van der Waals surface area contributed by atoms with Gasteiger partial charge in [-0.2, -0.15) is 0 Å². The molecular formula is C29H40O8. The summed E-state index contributed by atoms with van der Waals surface area (Å²) in [4.78, 5) is 23.3. The molecular weight excluding hydrogens is 476 g/mol.